The molecule has 11 heavy (non-hydrogen) atoms. The lowest BCUT2D eigenvalue weighted by Gasteiger charge is -2.19. The van der Waals surface area contributed by atoms with Gasteiger partial charge < -0.3 is 0 Å². The van der Waals surface area contributed by atoms with Crippen molar-refractivity contribution in [2.24, 2.45) is 15.6 Å². The molecule has 0 saturated heterocycles. The summed E-state index contributed by atoms with van der Waals surface area (Å²) in [5.74, 6) is 0. The van der Waals surface area contributed by atoms with Crippen molar-refractivity contribution in [3.63, 3.8) is 0 Å². The van der Waals surface area contributed by atoms with E-state index in [0.717, 1.165) is 5.71 Å². The molecule has 0 aliphatic heterocycles. The lowest BCUT2D eigenvalue weighted by molar-refractivity contribution is 0.372. The van der Waals surface area contributed by atoms with E-state index >= 15 is 0 Å². The number of hydrogen-bond donors (Lipinski definition) is 0. The normalized spacial score (nSPS) is 13.0. The molecular weight excluding hydrogens is 138 g/mol. The Kier molecular flexibility index (Phi) is 3.23. The largest absolute Gasteiger partial charge is 0.189 e. The Labute approximate surface area is 68.8 Å². The van der Waals surface area contributed by atoms with E-state index < -0.39 is 0 Å². The van der Waals surface area contributed by atoms with Crippen LogP contribution in [-0.2, 0) is 0 Å². The summed E-state index contributed by atoms with van der Waals surface area (Å²) in [5.41, 5.74) is 1.16. The second-order valence-electron chi connectivity index (χ2n) is 3.57. The van der Waals surface area contributed by atoms with E-state index in [2.05, 4.69) is 37.7 Å². The van der Waals surface area contributed by atoms with Crippen LogP contribution in [0.3, 0.4) is 0 Å². The van der Waals surface area contributed by atoms with Gasteiger partial charge in [-0.1, -0.05) is 20.8 Å². The van der Waals surface area contributed by atoms with Crippen molar-refractivity contribution in [1.82, 2.24) is 5.12 Å². The fourth-order valence-electron chi connectivity index (χ4n) is 0.399. The Morgan fingerprint density at radius 3 is 2.09 bits per heavy atom. The topological polar surface area (TPSA) is 28.0 Å². The van der Waals surface area contributed by atoms with Gasteiger partial charge in [-0.15, -0.1) is 0 Å². The van der Waals surface area contributed by atoms with Gasteiger partial charge in [0, 0.05) is 24.9 Å². The van der Waals surface area contributed by atoms with Crippen LogP contribution >= 0.6 is 0 Å². The molecule has 0 fully saturated rings. The summed E-state index contributed by atoms with van der Waals surface area (Å²) in [4.78, 5) is 0. The number of hydrazone groups is 2. The predicted octanol–water partition coefficient (Wildman–Crippen LogP) is 1.96. The van der Waals surface area contributed by atoms with Crippen molar-refractivity contribution >= 4 is 12.4 Å². The van der Waals surface area contributed by atoms with Crippen LogP contribution in [0.5, 0.6) is 0 Å². The molecule has 0 heterocycles. The Hall–Kier alpha value is -0.860. The average molecular weight is 155 g/mol. The van der Waals surface area contributed by atoms with Crippen molar-refractivity contribution in [2.45, 2.75) is 27.7 Å². The van der Waals surface area contributed by atoms with Crippen LogP contribution in [0.4, 0.5) is 0 Å². The van der Waals surface area contributed by atoms with E-state index in [4.69, 9.17) is 0 Å². The average Bonchev–Trinajstić information content (AvgIpc) is 1.85. The van der Waals surface area contributed by atoms with Crippen molar-refractivity contribution in [3.05, 3.63) is 0 Å². The molecule has 0 rings (SSSR count). The summed E-state index contributed by atoms with van der Waals surface area (Å²) < 4.78 is 0. The molecule has 0 N–H and O–H groups in total. The molecule has 0 aliphatic rings. The van der Waals surface area contributed by atoms with Gasteiger partial charge in [0.05, 0.1) is 0 Å². The van der Waals surface area contributed by atoms with E-state index in [1.807, 2.05) is 6.92 Å². The van der Waals surface area contributed by atoms with Crippen LogP contribution in [0.1, 0.15) is 27.7 Å². The highest BCUT2D eigenvalue weighted by molar-refractivity contribution is 5.86. The van der Waals surface area contributed by atoms with Gasteiger partial charge in [0.2, 0.25) is 0 Å². The third-order valence-corrected chi connectivity index (χ3v) is 1.58. The molecule has 0 aromatic rings. The number of nitrogens with zero attached hydrogens (tertiary/aromatic N) is 3. The second kappa shape index (κ2) is 3.51. The van der Waals surface area contributed by atoms with Crippen molar-refractivity contribution in [1.29, 1.82) is 0 Å². The molecule has 3 nitrogen and oxygen atoms in total. The van der Waals surface area contributed by atoms with E-state index in [1.54, 1.807) is 7.05 Å². The molecule has 0 radical (unpaired) electrons. The van der Waals surface area contributed by atoms with Crippen LogP contribution < -0.4 is 0 Å². The molecule has 0 aliphatic carbocycles. The molecule has 0 aromatic heterocycles. The minimum Gasteiger partial charge on any atom is -0.189 e. The lowest BCUT2D eigenvalue weighted by Crippen LogP contribution is -2.19. The van der Waals surface area contributed by atoms with Gasteiger partial charge >= 0.3 is 0 Å². The monoisotopic (exact) mass is 155 g/mol. The molecule has 64 valence electrons. The minimum absolute atomic E-state index is 0.110. The summed E-state index contributed by atoms with van der Waals surface area (Å²) in [6.45, 7) is 11.7. The van der Waals surface area contributed by atoms with Gasteiger partial charge in [-0.3, -0.25) is 0 Å². The third kappa shape index (κ3) is 3.75. The summed E-state index contributed by atoms with van der Waals surface area (Å²) in [7, 11) is 1.77. The third-order valence-electron chi connectivity index (χ3n) is 1.58. The highest BCUT2D eigenvalue weighted by atomic mass is 15.6. The summed E-state index contributed by atoms with van der Waals surface area (Å²) >= 11 is 0. The van der Waals surface area contributed by atoms with Gasteiger partial charge in [-0.2, -0.15) is 15.3 Å². The van der Waals surface area contributed by atoms with Gasteiger partial charge in [-0.05, 0) is 6.92 Å². The molecule has 0 spiro atoms. The first-order chi connectivity index (χ1) is 4.88. The molecule has 0 saturated carbocycles. The number of rotatable bonds is 2. The first-order valence-electron chi connectivity index (χ1n) is 3.64. The smallest absolute Gasteiger partial charge is 0.0495 e. The predicted molar refractivity (Wildman–Crippen MR) is 49.9 cm³/mol. The van der Waals surface area contributed by atoms with Crippen molar-refractivity contribution in [3.8, 4) is 0 Å². The Bertz CT molecular complexity index is 165. The van der Waals surface area contributed by atoms with Crippen LogP contribution in [-0.4, -0.2) is 24.6 Å². The van der Waals surface area contributed by atoms with Gasteiger partial charge in [0.25, 0.3) is 0 Å². The van der Waals surface area contributed by atoms with Crippen molar-refractivity contribution < 1.29 is 0 Å². The van der Waals surface area contributed by atoms with Gasteiger partial charge in [0.15, 0.2) is 0 Å². The Morgan fingerprint density at radius 2 is 1.82 bits per heavy atom. The van der Waals surface area contributed by atoms with Crippen LogP contribution in [0.2, 0.25) is 0 Å². The Morgan fingerprint density at radius 1 is 1.36 bits per heavy atom. The first kappa shape index (κ1) is 10.1. The summed E-state index contributed by atoms with van der Waals surface area (Å²) in [5, 5.41) is 9.30. The fraction of sp³-hybridized carbons (Fsp3) is 0.750. The molecule has 0 aromatic carbocycles. The maximum absolute atomic E-state index is 4.19. The zero-order chi connectivity index (χ0) is 9.07. The fourth-order valence-corrected chi connectivity index (χ4v) is 0.399. The molecule has 0 amide bonds. The highest BCUT2D eigenvalue weighted by Crippen LogP contribution is 2.15. The number of hydrogen-bond acceptors (Lipinski definition) is 3. The van der Waals surface area contributed by atoms with Gasteiger partial charge in [0.1, 0.15) is 0 Å². The van der Waals surface area contributed by atoms with E-state index in [9.17, 15) is 0 Å². The molecule has 0 atom stereocenters. The highest BCUT2D eigenvalue weighted by Gasteiger charge is 2.14. The summed E-state index contributed by atoms with van der Waals surface area (Å²) in [6, 6.07) is 0. The first-order valence-corrected chi connectivity index (χ1v) is 3.64. The maximum atomic E-state index is 4.19. The molecule has 0 unspecified atom stereocenters. The maximum Gasteiger partial charge on any atom is 0.0495 e. The zero-order valence-corrected chi connectivity index (χ0v) is 8.05. The quantitative estimate of drug-likeness (QED) is 0.442. The van der Waals surface area contributed by atoms with E-state index in [-0.39, 0.29) is 5.41 Å². The molecule has 3 heteroatoms. The molecular formula is C8H17N3. The van der Waals surface area contributed by atoms with Crippen molar-refractivity contribution in [2.75, 3.05) is 7.05 Å². The van der Waals surface area contributed by atoms with Crippen LogP contribution in [0.15, 0.2) is 10.2 Å². The SMILES string of the molecule is C=NN(C)/N=C(\C)C(C)(C)C. The second-order valence-corrected chi connectivity index (χ2v) is 3.57. The Balaban J connectivity index is 4.33. The van der Waals surface area contributed by atoms with Crippen LogP contribution in [0, 0.1) is 5.41 Å². The minimum atomic E-state index is 0.110. The van der Waals surface area contributed by atoms with Crippen LogP contribution in [0.25, 0.3) is 0 Å². The van der Waals surface area contributed by atoms with Gasteiger partial charge in [-0.25, -0.2) is 0 Å². The van der Waals surface area contributed by atoms with E-state index in [1.165, 1.54) is 5.12 Å². The standard InChI is InChI=1S/C8H17N3/c1-7(8(2,3)4)10-11(6)9-5/h5H2,1-4,6H3/b10-7+. The van der Waals surface area contributed by atoms with E-state index in [0.29, 0.717) is 0 Å². The summed E-state index contributed by atoms with van der Waals surface area (Å²) in [6.07, 6.45) is 0. The molecule has 0 bridgehead atoms. The zero-order valence-electron chi connectivity index (χ0n) is 8.05. The lowest BCUT2D eigenvalue weighted by atomic mass is 9.91.